The van der Waals surface area contributed by atoms with E-state index in [4.69, 9.17) is 9.47 Å². The van der Waals surface area contributed by atoms with Crippen molar-refractivity contribution in [2.24, 2.45) is 23.7 Å². The fourth-order valence-corrected chi connectivity index (χ4v) is 13.5. The number of nitrogens with zero attached hydrogens (tertiary/aromatic N) is 4. The Morgan fingerprint density at radius 3 is 1.38 bits per heavy atom. The van der Waals surface area contributed by atoms with Crippen LogP contribution in [0.1, 0.15) is 60.1 Å². The maximum absolute atomic E-state index is 12.8. The predicted octanol–water partition coefficient (Wildman–Crippen LogP) is 10.4. The van der Waals surface area contributed by atoms with Crippen LogP contribution < -0.4 is 9.47 Å². The zero-order valence-electron chi connectivity index (χ0n) is 37.2. The zero-order valence-corrected chi connectivity index (χ0v) is 37.2. The van der Waals surface area contributed by atoms with Crippen LogP contribution in [0.2, 0.25) is 0 Å². The Hall–Kier alpha value is -5.64. The molecule has 0 radical (unpaired) electrons. The van der Waals surface area contributed by atoms with Gasteiger partial charge >= 0.3 is 0 Å². The van der Waals surface area contributed by atoms with Crippen molar-refractivity contribution in [3.05, 3.63) is 157 Å². The minimum atomic E-state index is -0.680. The Morgan fingerprint density at radius 2 is 1.00 bits per heavy atom. The Bertz CT molecular complexity index is 2700. The Kier molecular flexibility index (Phi) is 10.3. The molecule has 13 rings (SSSR count). The van der Waals surface area contributed by atoms with Crippen LogP contribution in [-0.4, -0.2) is 81.6 Å². The second-order valence-corrected chi connectivity index (χ2v) is 19.6. The Labute approximate surface area is 376 Å². The van der Waals surface area contributed by atoms with Gasteiger partial charge in [0.05, 0.1) is 51.4 Å². The highest BCUT2D eigenvalue weighted by atomic mass is 16.5. The number of aliphatic hydroxyl groups is 2. The van der Waals surface area contributed by atoms with Gasteiger partial charge in [-0.25, -0.2) is 0 Å². The Balaban J connectivity index is 1.03. The fourth-order valence-electron chi connectivity index (χ4n) is 13.5. The molecule has 6 saturated heterocycles. The minimum absolute atomic E-state index is 0.000695. The maximum Gasteiger partial charge on any atom is 0.131 e. The SMILES string of the molecule is C=C[C@H]1C[N@+]2(Cc3c4ccccc4c(C[N@@+]45CC[C@@H](C[C@@H]4[C@@H](O)c4ccnc6ccc(OC)cc46)[C@@H](C=C)C5)c4ccccc34)CC[C@H]1C[C@@H]2[C@@H](O)c1ccnc2ccc(OC)cc12. The van der Waals surface area contributed by atoms with E-state index in [1.54, 1.807) is 14.2 Å². The van der Waals surface area contributed by atoms with E-state index < -0.39 is 12.2 Å². The molecule has 5 aromatic carbocycles. The van der Waals surface area contributed by atoms with Gasteiger partial charge in [0, 0.05) is 71.8 Å². The highest BCUT2D eigenvalue weighted by molar-refractivity contribution is 6.05. The van der Waals surface area contributed by atoms with Gasteiger partial charge in [-0.2, -0.15) is 0 Å². The first kappa shape index (κ1) is 41.1. The molecule has 8 heteroatoms. The monoisotopic (exact) mass is 852 g/mol. The molecular weight excluding hydrogens is 793 g/mol. The number of methoxy groups -OCH3 is 2. The molecule has 2 N–H and O–H groups in total. The van der Waals surface area contributed by atoms with Crippen molar-refractivity contribution in [1.82, 2.24) is 9.97 Å². The molecule has 0 amide bonds. The smallest absolute Gasteiger partial charge is 0.131 e. The molecule has 6 fully saturated rings. The first-order valence-corrected chi connectivity index (χ1v) is 23.4. The normalized spacial score (nSPS) is 28.4. The summed E-state index contributed by atoms with van der Waals surface area (Å²) in [5.74, 6) is 3.29. The molecule has 6 aliphatic heterocycles. The molecular formula is C56H60N4O4+2. The van der Waals surface area contributed by atoms with Gasteiger partial charge < -0.3 is 28.7 Å². The summed E-state index contributed by atoms with van der Waals surface area (Å²) in [5.41, 5.74) is 6.28. The van der Waals surface area contributed by atoms with Crippen LogP contribution in [0.15, 0.2) is 135 Å². The van der Waals surface area contributed by atoms with E-state index in [1.807, 2.05) is 60.9 Å². The van der Waals surface area contributed by atoms with Crippen molar-refractivity contribution in [2.75, 3.05) is 40.4 Å². The standard InChI is InChI=1S/C56H60N4O4/c1-5-35-31-59(25-21-37(35)27-53(59)55(61)45-19-23-57-51-17-15-39(63-3)29-47(45)51)33-49-41-11-7-9-13-43(41)50(44-14-10-8-12-42(44)49)34-60-26-22-38(36(6-2)32-60)28-54(60)56(62)46-20-24-58-52-18-16-40(64-4)30-48(46)52/h5-20,23-24,29-30,35-38,53-56,61-62H,1-2,21-22,25-28,31-34H2,3-4H3/q+2/t35-,36-,37-,38-,53+,54+,55-,56-,59-,60-/m0/s1. The van der Waals surface area contributed by atoms with Crippen molar-refractivity contribution in [1.29, 1.82) is 0 Å². The van der Waals surface area contributed by atoms with E-state index in [0.717, 1.165) is 118 Å². The van der Waals surface area contributed by atoms with Gasteiger partial charge in [-0.05, 0) is 93.0 Å². The number of ether oxygens (including phenoxy) is 2. The Morgan fingerprint density at radius 1 is 0.594 bits per heavy atom. The molecule has 0 unspecified atom stereocenters. The van der Waals surface area contributed by atoms with Crippen molar-refractivity contribution in [2.45, 2.75) is 63.1 Å². The molecule has 2 aromatic heterocycles. The molecule has 6 aliphatic rings. The third-order valence-corrected chi connectivity index (χ3v) is 16.8. The third-order valence-electron chi connectivity index (χ3n) is 16.8. The molecule has 0 spiro atoms. The molecule has 8 heterocycles. The van der Waals surface area contributed by atoms with E-state index in [1.165, 1.54) is 32.7 Å². The quantitative estimate of drug-likeness (QED) is 0.0724. The molecule has 0 aliphatic carbocycles. The summed E-state index contributed by atoms with van der Waals surface area (Å²) in [5, 5.41) is 32.6. The highest BCUT2D eigenvalue weighted by Crippen LogP contribution is 2.52. The van der Waals surface area contributed by atoms with Crippen LogP contribution in [0.5, 0.6) is 11.5 Å². The van der Waals surface area contributed by atoms with Gasteiger partial charge in [0.25, 0.3) is 0 Å². The summed E-state index contributed by atoms with van der Waals surface area (Å²) in [7, 11) is 3.38. The molecule has 10 atom stereocenters. The van der Waals surface area contributed by atoms with E-state index >= 15 is 0 Å². The summed E-state index contributed by atoms with van der Waals surface area (Å²) < 4.78 is 12.9. The van der Waals surface area contributed by atoms with Gasteiger partial charge in [0.2, 0.25) is 0 Å². The van der Waals surface area contributed by atoms with E-state index in [-0.39, 0.29) is 12.1 Å². The number of hydrogen-bond acceptors (Lipinski definition) is 6. The highest BCUT2D eigenvalue weighted by Gasteiger charge is 2.56. The summed E-state index contributed by atoms with van der Waals surface area (Å²) >= 11 is 0. The third kappa shape index (κ3) is 6.55. The van der Waals surface area contributed by atoms with Crippen molar-refractivity contribution in [3.63, 3.8) is 0 Å². The summed E-state index contributed by atoms with van der Waals surface area (Å²) in [6.45, 7) is 14.3. The van der Waals surface area contributed by atoms with Crippen LogP contribution in [0.4, 0.5) is 0 Å². The topological polar surface area (TPSA) is 84.7 Å². The van der Waals surface area contributed by atoms with Crippen LogP contribution in [0.25, 0.3) is 43.4 Å². The lowest BCUT2D eigenvalue weighted by Gasteiger charge is -2.58. The summed E-state index contributed by atoms with van der Waals surface area (Å²) in [4.78, 5) is 9.36. The lowest BCUT2D eigenvalue weighted by Crippen LogP contribution is -2.67. The van der Waals surface area contributed by atoms with E-state index in [9.17, 15) is 10.2 Å². The molecule has 64 heavy (non-hydrogen) atoms. The van der Waals surface area contributed by atoms with Gasteiger partial charge in [-0.1, -0.05) is 60.7 Å². The fraction of sp³-hybridized carbons (Fsp3) is 0.357. The molecule has 8 nitrogen and oxygen atoms in total. The number of hydrogen-bond donors (Lipinski definition) is 2. The second-order valence-electron chi connectivity index (χ2n) is 19.6. The lowest BCUT2D eigenvalue weighted by molar-refractivity contribution is -0.984. The van der Waals surface area contributed by atoms with Crippen molar-refractivity contribution >= 4 is 43.4 Å². The molecule has 0 saturated carbocycles. The average molecular weight is 853 g/mol. The number of aliphatic hydroxyl groups excluding tert-OH is 2. The minimum Gasteiger partial charge on any atom is -0.497 e. The molecule has 4 bridgehead atoms. The van der Waals surface area contributed by atoms with Gasteiger partial charge in [0.15, 0.2) is 0 Å². The van der Waals surface area contributed by atoms with Crippen LogP contribution in [0, 0.1) is 23.7 Å². The van der Waals surface area contributed by atoms with Gasteiger partial charge in [-0.3, -0.25) is 9.97 Å². The number of rotatable bonds is 12. The van der Waals surface area contributed by atoms with Crippen LogP contribution in [-0.2, 0) is 13.1 Å². The maximum atomic E-state index is 12.8. The van der Waals surface area contributed by atoms with Gasteiger partial charge in [-0.15, -0.1) is 13.2 Å². The number of pyridine rings is 2. The second kappa shape index (κ2) is 16.1. The zero-order chi connectivity index (χ0) is 43.7. The number of fused-ring (bicyclic) bond motifs is 10. The summed E-state index contributed by atoms with van der Waals surface area (Å²) in [6.07, 6.45) is 10.8. The van der Waals surface area contributed by atoms with Crippen molar-refractivity contribution < 1.29 is 28.7 Å². The van der Waals surface area contributed by atoms with Crippen molar-refractivity contribution in [3.8, 4) is 11.5 Å². The lowest BCUT2D eigenvalue weighted by atomic mass is 9.70. The van der Waals surface area contributed by atoms with Gasteiger partial charge in [0.1, 0.15) is 48.9 Å². The number of piperidine rings is 6. The van der Waals surface area contributed by atoms with E-state index in [2.05, 4.69) is 83.8 Å². The number of benzene rings is 5. The van der Waals surface area contributed by atoms with Crippen LogP contribution in [0.3, 0.4) is 0 Å². The van der Waals surface area contributed by atoms with E-state index in [0.29, 0.717) is 23.7 Å². The largest absolute Gasteiger partial charge is 0.497 e. The number of aromatic nitrogens is 2. The summed E-state index contributed by atoms with van der Waals surface area (Å²) in [6, 6.07) is 34.1. The van der Waals surface area contributed by atoms with Crippen LogP contribution >= 0.6 is 0 Å². The molecule has 7 aromatic rings. The first-order valence-electron chi connectivity index (χ1n) is 23.4. The first-order chi connectivity index (χ1) is 31.3. The predicted molar refractivity (Wildman–Crippen MR) is 256 cm³/mol. The molecule has 326 valence electrons. The number of quaternary nitrogens is 2. The average Bonchev–Trinajstić information content (AvgIpc) is 3.36.